The van der Waals surface area contributed by atoms with Crippen LogP contribution in [0.3, 0.4) is 0 Å². The van der Waals surface area contributed by atoms with Crippen molar-refractivity contribution in [3.8, 4) is 0 Å². The minimum absolute atomic E-state index is 0.0511. The van der Waals surface area contributed by atoms with Gasteiger partial charge in [-0.05, 0) is 42.5 Å². The topological polar surface area (TPSA) is 66.5 Å². The zero-order valence-electron chi connectivity index (χ0n) is 14.8. The van der Waals surface area contributed by atoms with Gasteiger partial charge in [0.25, 0.3) is 10.0 Å². The number of nitrogens with one attached hydrogen (secondary N) is 1. The first kappa shape index (κ1) is 20.8. The highest BCUT2D eigenvalue weighted by molar-refractivity contribution is 7.92. The normalized spacial score (nSPS) is 11.1. The van der Waals surface area contributed by atoms with Crippen LogP contribution in [0.5, 0.6) is 0 Å². The van der Waals surface area contributed by atoms with E-state index in [1.807, 2.05) is 0 Å². The van der Waals surface area contributed by atoms with Gasteiger partial charge in [-0.25, -0.2) is 17.2 Å². The fourth-order valence-electron chi connectivity index (χ4n) is 2.59. The average molecular weight is 437 g/mol. The fraction of sp³-hybridized carbons (Fsp3) is 0.0500. The number of sulfonamides is 1. The Balaban J connectivity index is 1.97. The van der Waals surface area contributed by atoms with Gasteiger partial charge in [-0.3, -0.25) is 9.10 Å². The third-order valence-corrected chi connectivity index (χ3v) is 5.96. The number of nitrogens with zero attached hydrogens (tertiary/aromatic N) is 1. The highest BCUT2D eigenvalue weighted by Gasteiger charge is 2.28. The average Bonchev–Trinajstić information content (AvgIpc) is 2.69. The van der Waals surface area contributed by atoms with Crippen molar-refractivity contribution in [2.45, 2.75) is 4.90 Å². The number of amides is 1. The molecule has 29 heavy (non-hydrogen) atoms. The van der Waals surface area contributed by atoms with Crippen molar-refractivity contribution in [3.63, 3.8) is 0 Å². The molecule has 0 heterocycles. The van der Waals surface area contributed by atoms with Gasteiger partial charge in [0, 0.05) is 5.02 Å². The molecular weight excluding hydrogens is 422 g/mol. The van der Waals surface area contributed by atoms with E-state index < -0.39 is 39.8 Å². The zero-order valence-corrected chi connectivity index (χ0v) is 16.4. The van der Waals surface area contributed by atoms with Crippen LogP contribution in [-0.4, -0.2) is 20.9 Å². The lowest BCUT2D eigenvalue weighted by Gasteiger charge is -2.24. The van der Waals surface area contributed by atoms with E-state index in [1.54, 1.807) is 12.1 Å². The third-order valence-electron chi connectivity index (χ3n) is 3.94. The van der Waals surface area contributed by atoms with Crippen LogP contribution < -0.4 is 9.62 Å². The Labute approximate surface area is 171 Å². The zero-order chi connectivity index (χ0) is 21.0. The van der Waals surface area contributed by atoms with E-state index in [-0.39, 0.29) is 15.6 Å². The van der Waals surface area contributed by atoms with Gasteiger partial charge in [0.15, 0.2) is 0 Å². The minimum atomic E-state index is -4.15. The van der Waals surface area contributed by atoms with Crippen LogP contribution in [0.1, 0.15) is 0 Å². The second-order valence-electron chi connectivity index (χ2n) is 5.95. The summed E-state index contributed by atoms with van der Waals surface area (Å²) in [5, 5.41) is 2.35. The summed E-state index contributed by atoms with van der Waals surface area (Å²) in [5.74, 6) is -2.87. The number of rotatable bonds is 6. The number of carbonyl (C=O) groups is 1. The highest BCUT2D eigenvalue weighted by atomic mass is 35.5. The standard InChI is InChI=1S/C20H15ClF2N2O3S/c21-14-6-4-7-15(12-14)25(29(27,28)16-8-2-1-3-9-16)13-19(26)24-20-17(22)10-5-11-18(20)23/h1-12H,13H2,(H,24,26). The number of halogens is 3. The molecule has 9 heteroatoms. The summed E-state index contributed by atoms with van der Waals surface area (Å²) in [6, 6.07) is 16.5. The molecule has 0 unspecified atom stereocenters. The van der Waals surface area contributed by atoms with Crippen molar-refractivity contribution < 1.29 is 22.0 Å². The van der Waals surface area contributed by atoms with E-state index in [0.29, 0.717) is 0 Å². The van der Waals surface area contributed by atoms with Gasteiger partial charge in [-0.2, -0.15) is 0 Å². The molecule has 3 aromatic carbocycles. The van der Waals surface area contributed by atoms with E-state index in [1.165, 1.54) is 42.5 Å². The van der Waals surface area contributed by atoms with E-state index in [9.17, 15) is 22.0 Å². The van der Waals surface area contributed by atoms with Crippen LogP contribution in [0.15, 0.2) is 77.7 Å². The number of carbonyl (C=O) groups excluding carboxylic acids is 1. The van der Waals surface area contributed by atoms with Gasteiger partial charge < -0.3 is 5.32 Å². The summed E-state index contributed by atoms with van der Waals surface area (Å²) in [4.78, 5) is 12.4. The molecule has 0 atom stereocenters. The van der Waals surface area contributed by atoms with Gasteiger partial charge in [0.05, 0.1) is 10.6 Å². The number of para-hydroxylation sites is 1. The molecule has 0 aliphatic carbocycles. The summed E-state index contributed by atoms with van der Waals surface area (Å²) in [6.45, 7) is -0.717. The number of hydrogen-bond acceptors (Lipinski definition) is 3. The van der Waals surface area contributed by atoms with Crippen molar-refractivity contribution in [1.29, 1.82) is 0 Å². The van der Waals surface area contributed by atoms with E-state index >= 15 is 0 Å². The molecule has 0 fully saturated rings. The van der Waals surface area contributed by atoms with Gasteiger partial charge >= 0.3 is 0 Å². The Kier molecular flexibility index (Phi) is 6.14. The number of anilines is 2. The Morgan fingerprint density at radius 3 is 2.17 bits per heavy atom. The molecular formula is C20H15ClF2N2O3S. The first-order valence-electron chi connectivity index (χ1n) is 8.36. The minimum Gasteiger partial charge on any atom is -0.320 e. The molecule has 0 aromatic heterocycles. The molecule has 0 saturated heterocycles. The SMILES string of the molecule is O=C(CN(c1cccc(Cl)c1)S(=O)(=O)c1ccccc1)Nc1c(F)cccc1F. The number of hydrogen-bond donors (Lipinski definition) is 1. The Morgan fingerprint density at radius 1 is 0.931 bits per heavy atom. The molecule has 3 rings (SSSR count). The summed E-state index contributed by atoms with van der Waals surface area (Å²) in [5.41, 5.74) is -0.522. The fourth-order valence-corrected chi connectivity index (χ4v) is 4.21. The maximum atomic E-state index is 13.8. The molecule has 0 aliphatic rings. The lowest BCUT2D eigenvalue weighted by Crippen LogP contribution is -2.38. The van der Waals surface area contributed by atoms with Crippen molar-refractivity contribution >= 4 is 38.9 Å². The van der Waals surface area contributed by atoms with Crippen molar-refractivity contribution in [2.24, 2.45) is 0 Å². The van der Waals surface area contributed by atoms with Gasteiger partial charge in [0.1, 0.15) is 23.9 Å². The predicted octanol–water partition coefficient (Wildman–Crippen LogP) is 4.45. The molecule has 0 aliphatic heterocycles. The summed E-state index contributed by atoms with van der Waals surface area (Å²) < 4.78 is 54.7. The maximum absolute atomic E-state index is 13.8. The monoisotopic (exact) mass is 436 g/mol. The molecule has 150 valence electrons. The van der Waals surface area contributed by atoms with E-state index in [4.69, 9.17) is 11.6 Å². The first-order chi connectivity index (χ1) is 13.8. The molecule has 0 saturated carbocycles. The van der Waals surface area contributed by atoms with Crippen molar-refractivity contribution in [3.05, 3.63) is 89.5 Å². The molecule has 3 aromatic rings. The molecule has 0 radical (unpaired) electrons. The largest absolute Gasteiger partial charge is 0.320 e. The Hall–Kier alpha value is -2.97. The smallest absolute Gasteiger partial charge is 0.264 e. The van der Waals surface area contributed by atoms with Crippen LogP contribution in [0, 0.1) is 11.6 Å². The number of benzene rings is 3. The van der Waals surface area contributed by atoms with Crippen LogP contribution in [0.25, 0.3) is 0 Å². The second-order valence-corrected chi connectivity index (χ2v) is 8.25. The summed E-state index contributed by atoms with van der Waals surface area (Å²) in [7, 11) is -4.15. The van der Waals surface area contributed by atoms with Crippen molar-refractivity contribution in [2.75, 3.05) is 16.2 Å². The summed E-state index contributed by atoms with van der Waals surface area (Å²) >= 11 is 5.97. The third kappa shape index (κ3) is 4.72. The van der Waals surface area contributed by atoms with Crippen LogP contribution >= 0.6 is 11.6 Å². The molecule has 0 spiro atoms. The van der Waals surface area contributed by atoms with Crippen LogP contribution in [0.4, 0.5) is 20.2 Å². The lowest BCUT2D eigenvalue weighted by atomic mass is 10.3. The highest BCUT2D eigenvalue weighted by Crippen LogP contribution is 2.26. The van der Waals surface area contributed by atoms with Gasteiger partial charge in [-0.15, -0.1) is 0 Å². The molecule has 5 nitrogen and oxygen atoms in total. The molecule has 1 amide bonds. The van der Waals surface area contributed by atoms with Crippen LogP contribution in [0.2, 0.25) is 5.02 Å². The Morgan fingerprint density at radius 2 is 1.55 bits per heavy atom. The van der Waals surface area contributed by atoms with Crippen LogP contribution in [-0.2, 0) is 14.8 Å². The summed E-state index contributed by atoms with van der Waals surface area (Å²) in [6.07, 6.45) is 0. The Bertz CT molecular complexity index is 1120. The quantitative estimate of drug-likeness (QED) is 0.620. The predicted molar refractivity (Wildman–Crippen MR) is 107 cm³/mol. The van der Waals surface area contributed by atoms with Crippen molar-refractivity contribution in [1.82, 2.24) is 0 Å². The lowest BCUT2D eigenvalue weighted by molar-refractivity contribution is -0.114. The molecule has 0 bridgehead atoms. The van der Waals surface area contributed by atoms with Gasteiger partial charge in [0.2, 0.25) is 5.91 Å². The second kappa shape index (κ2) is 8.59. The molecule has 1 N–H and O–H groups in total. The first-order valence-corrected chi connectivity index (χ1v) is 10.2. The van der Waals surface area contributed by atoms with E-state index in [2.05, 4.69) is 5.32 Å². The van der Waals surface area contributed by atoms with Gasteiger partial charge in [-0.1, -0.05) is 41.9 Å². The maximum Gasteiger partial charge on any atom is 0.264 e. The van der Waals surface area contributed by atoms with E-state index in [0.717, 1.165) is 22.5 Å².